The number of hydrogen-bond acceptors (Lipinski definition) is 6. The van der Waals surface area contributed by atoms with Crippen LogP contribution in [0.5, 0.6) is 0 Å². The molecule has 1 saturated heterocycles. The lowest BCUT2D eigenvalue weighted by Gasteiger charge is -2.25. The number of carboxylic acid groups (broad SMARTS) is 1. The lowest BCUT2D eigenvalue weighted by molar-refractivity contribution is -0.143. The van der Waals surface area contributed by atoms with Gasteiger partial charge in [-0.2, -0.15) is 0 Å². The predicted molar refractivity (Wildman–Crippen MR) is 129 cm³/mol. The average molecular weight is 499 g/mol. The third-order valence-electron chi connectivity index (χ3n) is 6.21. The van der Waals surface area contributed by atoms with E-state index in [0.29, 0.717) is 0 Å². The van der Waals surface area contributed by atoms with Crippen molar-refractivity contribution in [3.8, 4) is 11.1 Å². The molecule has 2 amide bonds. The Balaban J connectivity index is 1.29. The van der Waals surface area contributed by atoms with Crippen molar-refractivity contribution in [1.82, 2.24) is 10.2 Å². The monoisotopic (exact) mass is 498 g/mol. The zero-order chi connectivity index (χ0) is 25.0. The van der Waals surface area contributed by atoms with Gasteiger partial charge in [-0.1, -0.05) is 54.6 Å². The van der Waals surface area contributed by atoms with Gasteiger partial charge in [0.05, 0.1) is 11.5 Å². The molecule has 35 heavy (non-hydrogen) atoms. The molecule has 1 heterocycles. The van der Waals surface area contributed by atoms with E-state index in [1.165, 1.54) is 6.08 Å². The molecule has 0 spiro atoms. The van der Waals surface area contributed by atoms with Crippen LogP contribution in [0, 0.1) is 0 Å². The van der Waals surface area contributed by atoms with Crippen LogP contribution in [0.15, 0.2) is 60.7 Å². The van der Waals surface area contributed by atoms with E-state index in [9.17, 15) is 22.8 Å². The quantitative estimate of drug-likeness (QED) is 0.534. The first-order valence-corrected chi connectivity index (χ1v) is 13.1. The van der Waals surface area contributed by atoms with Crippen molar-refractivity contribution in [3.63, 3.8) is 0 Å². The molecule has 1 fully saturated rings. The van der Waals surface area contributed by atoms with Crippen LogP contribution in [0.25, 0.3) is 11.1 Å². The summed E-state index contributed by atoms with van der Waals surface area (Å²) in [5, 5.41) is 11.6. The zero-order valence-corrected chi connectivity index (χ0v) is 19.7. The highest BCUT2D eigenvalue weighted by Gasteiger charge is 2.35. The molecule has 0 radical (unpaired) electrons. The normalized spacial score (nSPS) is 18.1. The summed E-state index contributed by atoms with van der Waals surface area (Å²) < 4.78 is 28.9. The number of alkyl carbamates (subject to hydrolysis) is 1. The van der Waals surface area contributed by atoms with E-state index < -0.39 is 40.4 Å². The molecule has 10 heteroatoms. The summed E-state index contributed by atoms with van der Waals surface area (Å²) in [7, 11) is -3.28. The van der Waals surface area contributed by atoms with Gasteiger partial charge in [0.1, 0.15) is 13.2 Å². The Morgan fingerprint density at radius 1 is 1.06 bits per heavy atom. The van der Waals surface area contributed by atoms with Gasteiger partial charge >= 0.3 is 12.1 Å². The highest BCUT2D eigenvalue weighted by molar-refractivity contribution is 7.91. The minimum atomic E-state index is -3.28. The van der Waals surface area contributed by atoms with E-state index in [1.807, 2.05) is 48.5 Å². The van der Waals surface area contributed by atoms with Gasteiger partial charge in [0.2, 0.25) is 5.91 Å². The first-order valence-electron chi connectivity index (χ1n) is 11.2. The van der Waals surface area contributed by atoms with Crippen LogP contribution < -0.4 is 5.32 Å². The summed E-state index contributed by atoms with van der Waals surface area (Å²) in [5.74, 6) is -2.25. The van der Waals surface area contributed by atoms with Crippen molar-refractivity contribution in [3.05, 3.63) is 71.8 Å². The Bertz CT molecular complexity index is 1230. The summed E-state index contributed by atoms with van der Waals surface area (Å²) in [6.07, 6.45) is 2.07. The molecule has 9 nitrogen and oxygen atoms in total. The number of fused-ring (bicyclic) bond motifs is 3. The number of nitrogens with zero attached hydrogens (tertiary/aromatic N) is 1. The van der Waals surface area contributed by atoms with E-state index in [1.54, 1.807) is 0 Å². The highest BCUT2D eigenvalue weighted by atomic mass is 32.2. The van der Waals surface area contributed by atoms with Gasteiger partial charge in [0.15, 0.2) is 9.84 Å². The largest absolute Gasteiger partial charge is 0.480 e. The number of hydrogen-bond donors (Lipinski definition) is 2. The SMILES string of the molecule is O=C(O)CN(C(=O)/C=C/CNC(=O)OCC1c2ccccc2-c2ccccc21)C1CCS(=O)(=O)C1. The zero-order valence-electron chi connectivity index (χ0n) is 18.9. The van der Waals surface area contributed by atoms with Crippen molar-refractivity contribution < 1.29 is 32.6 Å². The minimum absolute atomic E-state index is 0.00765. The second kappa shape index (κ2) is 10.3. The molecule has 2 aromatic rings. The first-order chi connectivity index (χ1) is 16.7. The Morgan fingerprint density at radius 2 is 1.69 bits per heavy atom. The van der Waals surface area contributed by atoms with Crippen molar-refractivity contribution >= 4 is 27.8 Å². The fourth-order valence-corrected chi connectivity index (χ4v) is 6.33. The molecule has 184 valence electrons. The molecule has 0 bridgehead atoms. The number of sulfone groups is 1. The number of amides is 2. The molecule has 1 unspecified atom stereocenters. The van der Waals surface area contributed by atoms with Crippen molar-refractivity contribution in [2.45, 2.75) is 18.4 Å². The number of nitrogens with one attached hydrogen (secondary N) is 1. The van der Waals surface area contributed by atoms with E-state index in [0.717, 1.165) is 33.2 Å². The first kappa shape index (κ1) is 24.5. The van der Waals surface area contributed by atoms with Gasteiger partial charge in [0, 0.05) is 24.6 Å². The van der Waals surface area contributed by atoms with Gasteiger partial charge < -0.3 is 20.1 Å². The average Bonchev–Trinajstić information content (AvgIpc) is 3.35. The van der Waals surface area contributed by atoms with Gasteiger partial charge in [-0.05, 0) is 28.7 Å². The highest BCUT2D eigenvalue weighted by Crippen LogP contribution is 2.44. The number of rotatable bonds is 8. The van der Waals surface area contributed by atoms with E-state index in [2.05, 4.69) is 5.32 Å². The van der Waals surface area contributed by atoms with Crippen LogP contribution in [-0.4, -0.2) is 73.6 Å². The van der Waals surface area contributed by atoms with Crippen LogP contribution in [0.1, 0.15) is 23.5 Å². The van der Waals surface area contributed by atoms with Gasteiger partial charge in [0.25, 0.3) is 0 Å². The van der Waals surface area contributed by atoms with Crippen LogP contribution in [0.3, 0.4) is 0 Å². The summed E-state index contributed by atoms with van der Waals surface area (Å²) >= 11 is 0. The maximum absolute atomic E-state index is 12.5. The number of ether oxygens (including phenoxy) is 1. The number of benzene rings is 2. The third kappa shape index (κ3) is 5.71. The molecule has 0 saturated carbocycles. The second-order valence-electron chi connectivity index (χ2n) is 8.53. The molecular weight excluding hydrogens is 472 g/mol. The van der Waals surface area contributed by atoms with Crippen LogP contribution in [-0.2, 0) is 24.2 Å². The Morgan fingerprint density at radius 3 is 2.26 bits per heavy atom. The van der Waals surface area contributed by atoms with Gasteiger partial charge in [-0.15, -0.1) is 0 Å². The van der Waals surface area contributed by atoms with E-state index in [4.69, 9.17) is 9.84 Å². The minimum Gasteiger partial charge on any atom is -0.480 e. The molecule has 1 atom stereocenters. The Labute approximate surface area is 203 Å². The van der Waals surface area contributed by atoms with Crippen LogP contribution in [0.4, 0.5) is 4.79 Å². The number of carboxylic acids is 1. The molecular formula is C25H26N2O7S. The van der Waals surface area contributed by atoms with Gasteiger partial charge in [-0.3, -0.25) is 9.59 Å². The Kier molecular flexibility index (Phi) is 7.20. The molecule has 2 aliphatic rings. The van der Waals surface area contributed by atoms with Crippen LogP contribution >= 0.6 is 0 Å². The molecule has 2 N–H and O–H groups in total. The number of aliphatic carboxylic acids is 1. The van der Waals surface area contributed by atoms with Crippen molar-refractivity contribution in [2.75, 3.05) is 31.2 Å². The molecule has 1 aliphatic carbocycles. The summed E-state index contributed by atoms with van der Waals surface area (Å²) in [4.78, 5) is 36.9. The maximum atomic E-state index is 12.5. The van der Waals surface area contributed by atoms with Crippen molar-refractivity contribution in [1.29, 1.82) is 0 Å². The summed E-state index contributed by atoms with van der Waals surface area (Å²) in [6.45, 7) is -0.444. The standard InChI is InChI=1S/C25H26N2O7S/c28-23(27(14-24(29)30)17-11-13-35(32,33)16-17)10-5-12-26-25(31)34-15-22-20-8-3-1-6-18(20)19-7-2-4-9-21(19)22/h1-10,17,22H,11-16H2,(H,26,31)(H,29,30)/b10-5+. The van der Waals surface area contributed by atoms with E-state index in [-0.39, 0.29) is 37.0 Å². The fourth-order valence-electron chi connectivity index (χ4n) is 4.60. The third-order valence-corrected chi connectivity index (χ3v) is 7.96. The lowest BCUT2D eigenvalue weighted by atomic mass is 9.98. The number of carbonyl (C=O) groups excluding carboxylic acids is 2. The second-order valence-corrected chi connectivity index (χ2v) is 10.8. The smallest absolute Gasteiger partial charge is 0.407 e. The predicted octanol–water partition coefficient (Wildman–Crippen LogP) is 2.18. The fraction of sp³-hybridized carbons (Fsp3) is 0.320. The summed E-state index contributed by atoms with van der Waals surface area (Å²) in [5.41, 5.74) is 4.44. The summed E-state index contributed by atoms with van der Waals surface area (Å²) in [6, 6.07) is 15.3. The Hall–Kier alpha value is -3.66. The van der Waals surface area contributed by atoms with E-state index >= 15 is 0 Å². The van der Waals surface area contributed by atoms with Crippen LogP contribution in [0.2, 0.25) is 0 Å². The lowest BCUT2D eigenvalue weighted by Crippen LogP contribution is -2.43. The topological polar surface area (TPSA) is 130 Å². The molecule has 0 aromatic heterocycles. The molecule has 1 aliphatic heterocycles. The molecule has 2 aromatic carbocycles. The number of carbonyl (C=O) groups is 3. The molecule has 4 rings (SSSR count). The van der Waals surface area contributed by atoms with Crippen molar-refractivity contribution in [2.24, 2.45) is 0 Å². The van der Waals surface area contributed by atoms with Gasteiger partial charge in [-0.25, -0.2) is 13.2 Å². The maximum Gasteiger partial charge on any atom is 0.407 e.